The van der Waals surface area contributed by atoms with Gasteiger partial charge in [0, 0.05) is 35.7 Å². The molecule has 1 fully saturated rings. The van der Waals surface area contributed by atoms with Crippen LogP contribution in [0.3, 0.4) is 0 Å². The summed E-state index contributed by atoms with van der Waals surface area (Å²) in [6.07, 6.45) is 1.58. The number of Topliss-reactive ketones (excluding diaryl/α,β-unsaturated/α-hetero) is 1. The number of hydrogen-bond donors (Lipinski definition) is 0. The number of likely N-dealkylation sites (tertiary alicyclic amines) is 1. The Kier molecular flexibility index (Phi) is 5.27. The van der Waals surface area contributed by atoms with Crippen molar-refractivity contribution in [2.75, 3.05) is 32.0 Å². The third kappa shape index (κ3) is 3.94. The number of nitrogens with zero attached hydrogens (tertiary/aromatic N) is 1. The summed E-state index contributed by atoms with van der Waals surface area (Å²) in [5, 5.41) is 0. The SMILES string of the molecule is O=C(CCN1CCC(c2ccc(F)cc2)C1)c1ccc2c(c1)OCCS2. The van der Waals surface area contributed by atoms with E-state index in [2.05, 4.69) is 4.90 Å². The smallest absolute Gasteiger partial charge is 0.164 e. The summed E-state index contributed by atoms with van der Waals surface area (Å²) in [6.45, 7) is 3.39. The van der Waals surface area contributed by atoms with Gasteiger partial charge >= 0.3 is 0 Å². The summed E-state index contributed by atoms with van der Waals surface area (Å²) in [7, 11) is 0. The van der Waals surface area contributed by atoms with Gasteiger partial charge in [-0.15, -0.1) is 11.8 Å². The normalized spacial score (nSPS) is 19.8. The van der Waals surface area contributed by atoms with Gasteiger partial charge in [0.25, 0.3) is 0 Å². The predicted octanol–water partition coefficient (Wildman–Crippen LogP) is 4.37. The Morgan fingerprint density at radius 3 is 2.92 bits per heavy atom. The van der Waals surface area contributed by atoms with Crippen LogP contribution in [0.2, 0.25) is 0 Å². The fraction of sp³-hybridized carbons (Fsp3) is 0.381. The second-order valence-electron chi connectivity index (χ2n) is 6.87. The van der Waals surface area contributed by atoms with Crippen molar-refractivity contribution in [1.82, 2.24) is 4.90 Å². The van der Waals surface area contributed by atoms with Crippen LogP contribution in [0.5, 0.6) is 5.75 Å². The Morgan fingerprint density at radius 2 is 2.08 bits per heavy atom. The summed E-state index contributed by atoms with van der Waals surface area (Å²) in [6, 6.07) is 12.6. The van der Waals surface area contributed by atoms with E-state index >= 15 is 0 Å². The lowest BCUT2D eigenvalue weighted by Crippen LogP contribution is -2.23. The summed E-state index contributed by atoms with van der Waals surface area (Å²) < 4.78 is 18.7. The number of rotatable bonds is 5. The van der Waals surface area contributed by atoms with Gasteiger partial charge in [0.1, 0.15) is 11.6 Å². The molecule has 1 atom stereocenters. The molecule has 2 heterocycles. The number of ether oxygens (including phenoxy) is 1. The summed E-state index contributed by atoms with van der Waals surface area (Å²) in [5.74, 6) is 2.20. The number of benzene rings is 2. The van der Waals surface area contributed by atoms with Gasteiger partial charge in [-0.2, -0.15) is 0 Å². The van der Waals surface area contributed by atoms with Crippen LogP contribution in [-0.2, 0) is 0 Å². The molecule has 1 unspecified atom stereocenters. The maximum atomic E-state index is 13.1. The Hall–Kier alpha value is -1.85. The first kappa shape index (κ1) is 17.6. The molecule has 0 radical (unpaired) electrons. The van der Waals surface area contributed by atoms with E-state index in [0.717, 1.165) is 48.0 Å². The lowest BCUT2D eigenvalue weighted by molar-refractivity contribution is 0.0968. The van der Waals surface area contributed by atoms with Crippen LogP contribution in [0.15, 0.2) is 47.4 Å². The number of carbonyl (C=O) groups excluding carboxylic acids is 1. The van der Waals surface area contributed by atoms with Gasteiger partial charge in [-0.25, -0.2) is 4.39 Å². The molecule has 2 aromatic carbocycles. The van der Waals surface area contributed by atoms with Crippen molar-refractivity contribution < 1.29 is 13.9 Å². The number of carbonyl (C=O) groups is 1. The number of halogens is 1. The molecule has 0 spiro atoms. The Bertz CT molecular complexity index is 793. The topological polar surface area (TPSA) is 29.5 Å². The van der Waals surface area contributed by atoms with Crippen LogP contribution in [0.25, 0.3) is 0 Å². The van der Waals surface area contributed by atoms with E-state index in [-0.39, 0.29) is 11.6 Å². The predicted molar refractivity (Wildman–Crippen MR) is 102 cm³/mol. The highest BCUT2D eigenvalue weighted by molar-refractivity contribution is 7.99. The van der Waals surface area contributed by atoms with E-state index in [1.165, 1.54) is 17.7 Å². The molecule has 0 amide bonds. The van der Waals surface area contributed by atoms with Crippen LogP contribution in [0.4, 0.5) is 4.39 Å². The number of hydrogen-bond acceptors (Lipinski definition) is 4. The zero-order valence-electron chi connectivity index (χ0n) is 14.6. The molecule has 5 heteroatoms. The van der Waals surface area contributed by atoms with Gasteiger partial charge in [0.05, 0.1) is 6.61 Å². The lowest BCUT2D eigenvalue weighted by atomic mass is 9.99. The van der Waals surface area contributed by atoms with Gasteiger partial charge in [-0.1, -0.05) is 18.2 Å². The second kappa shape index (κ2) is 7.80. The minimum Gasteiger partial charge on any atom is -0.492 e. The van der Waals surface area contributed by atoms with Gasteiger partial charge in [-0.05, 0) is 48.7 Å². The largest absolute Gasteiger partial charge is 0.492 e. The van der Waals surface area contributed by atoms with Crippen LogP contribution in [0.1, 0.15) is 34.7 Å². The molecule has 2 aromatic rings. The first-order valence-electron chi connectivity index (χ1n) is 9.10. The molecule has 3 nitrogen and oxygen atoms in total. The van der Waals surface area contributed by atoms with E-state index in [4.69, 9.17) is 4.74 Å². The van der Waals surface area contributed by atoms with Crippen LogP contribution < -0.4 is 4.74 Å². The first-order chi connectivity index (χ1) is 12.7. The van der Waals surface area contributed by atoms with Crippen LogP contribution in [0, 0.1) is 5.82 Å². The molecule has 0 aromatic heterocycles. The number of ketones is 1. The third-order valence-corrected chi connectivity index (χ3v) is 6.15. The van der Waals surface area contributed by atoms with Gasteiger partial charge in [0.15, 0.2) is 5.78 Å². The quantitative estimate of drug-likeness (QED) is 0.730. The van der Waals surface area contributed by atoms with Crippen LogP contribution in [-0.4, -0.2) is 42.7 Å². The fourth-order valence-electron chi connectivity index (χ4n) is 3.66. The zero-order valence-corrected chi connectivity index (χ0v) is 15.4. The van der Waals surface area contributed by atoms with E-state index < -0.39 is 0 Å². The molecule has 136 valence electrons. The summed E-state index contributed by atoms with van der Waals surface area (Å²) in [4.78, 5) is 16.0. The minimum absolute atomic E-state index is 0.164. The highest BCUT2D eigenvalue weighted by atomic mass is 32.2. The molecule has 4 rings (SSSR count). The molecule has 26 heavy (non-hydrogen) atoms. The molecule has 0 saturated carbocycles. The van der Waals surface area contributed by atoms with Crippen molar-refractivity contribution in [3.63, 3.8) is 0 Å². The average molecular weight is 371 g/mol. The molecular weight excluding hydrogens is 349 g/mol. The monoisotopic (exact) mass is 371 g/mol. The molecule has 0 aliphatic carbocycles. The highest BCUT2D eigenvalue weighted by Crippen LogP contribution is 2.34. The van der Waals surface area contributed by atoms with Crippen molar-refractivity contribution >= 4 is 17.5 Å². The molecule has 2 aliphatic heterocycles. The molecule has 2 aliphatic rings. The second-order valence-corrected chi connectivity index (χ2v) is 8.01. The lowest BCUT2D eigenvalue weighted by Gasteiger charge is -2.18. The minimum atomic E-state index is -0.193. The van der Waals surface area contributed by atoms with E-state index in [1.807, 2.05) is 30.3 Å². The van der Waals surface area contributed by atoms with Gasteiger partial charge in [-0.3, -0.25) is 4.79 Å². The average Bonchev–Trinajstić information content (AvgIpc) is 3.15. The van der Waals surface area contributed by atoms with Crippen molar-refractivity contribution in [2.45, 2.75) is 23.7 Å². The summed E-state index contributed by atoms with van der Waals surface area (Å²) >= 11 is 1.77. The Balaban J connectivity index is 1.31. The van der Waals surface area contributed by atoms with Crippen molar-refractivity contribution in [3.8, 4) is 5.75 Å². The Labute approximate surface area is 157 Å². The number of fused-ring (bicyclic) bond motifs is 1. The van der Waals surface area contributed by atoms with Crippen molar-refractivity contribution in [2.24, 2.45) is 0 Å². The van der Waals surface area contributed by atoms with Gasteiger partial charge in [0.2, 0.25) is 0 Å². The molecule has 0 bridgehead atoms. The zero-order chi connectivity index (χ0) is 17.9. The maximum absolute atomic E-state index is 13.1. The van der Waals surface area contributed by atoms with Crippen LogP contribution >= 0.6 is 11.8 Å². The van der Waals surface area contributed by atoms with Crippen molar-refractivity contribution in [1.29, 1.82) is 0 Å². The molecule has 1 saturated heterocycles. The summed E-state index contributed by atoms with van der Waals surface area (Å²) in [5.41, 5.74) is 1.92. The molecule has 0 N–H and O–H groups in total. The standard InChI is InChI=1S/C21H22FNO2S/c22-18-4-1-15(2-5-18)17-7-9-23(14-17)10-8-19(24)16-3-6-21-20(13-16)25-11-12-26-21/h1-6,13,17H,7-12,14H2. The molecular formula is C21H22FNO2S. The van der Waals surface area contributed by atoms with Gasteiger partial charge < -0.3 is 9.64 Å². The van der Waals surface area contributed by atoms with E-state index in [1.54, 1.807) is 11.8 Å². The Morgan fingerprint density at radius 1 is 1.23 bits per heavy atom. The van der Waals surface area contributed by atoms with E-state index in [9.17, 15) is 9.18 Å². The maximum Gasteiger partial charge on any atom is 0.164 e. The van der Waals surface area contributed by atoms with Crippen molar-refractivity contribution in [3.05, 3.63) is 59.4 Å². The van der Waals surface area contributed by atoms with E-state index in [0.29, 0.717) is 18.9 Å². The number of thioether (sulfide) groups is 1. The first-order valence-corrected chi connectivity index (χ1v) is 10.1. The fourth-order valence-corrected chi connectivity index (χ4v) is 4.47. The highest BCUT2D eigenvalue weighted by Gasteiger charge is 2.24. The third-order valence-electron chi connectivity index (χ3n) is 5.13.